The number of likely N-dealkylation sites (tertiary alicyclic amines) is 1. The van der Waals surface area contributed by atoms with Crippen LogP contribution >= 0.6 is 0 Å². The van der Waals surface area contributed by atoms with Crippen LogP contribution in [0.4, 0.5) is 0 Å². The average molecular weight is 428 g/mol. The number of amides is 1. The van der Waals surface area contributed by atoms with Crippen LogP contribution < -0.4 is 5.56 Å². The highest BCUT2D eigenvalue weighted by atomic mass is 16.2. The second-order valence-corrected chi connectivity index (χ2v) is 8.29. The number of carbonyl (C=O) groups is 1. The number of aromatic nitrogens is 4. The first-order chi connectivity index (χ1) is 15.5. The zero-order valence-electron chi connectivity index (χ0n) is 18.2. The van der Waals surface area contributed by atoms with Crippen LogP contribution in [-0.2, 0) is 6.54 Å². The van der Waals surface area contributed by atoms with Crippen LogP contribution in [0.3, 0.4) is 0 Å². The molecule has 1 unspecified atom stereocenters. The second kappa shape index (κ2) is 8.07. The van der Waals surface area contributed by atoms with Crippen LogP contribution in [-0.4, -0.2) is 42.5 Å². The summed E-state index contributed by atoms with van der Waals surface area (Å²) in [4.78, 5) is 37.1. The standard InChI is InChI=1S/C25H25N5O2/c1-17-26-13-15-28(17)16-21-6-5-14-29(21)24(31)19-9-11-20(12-10-19)30-18(2)27-23-8-4-3-7-22(23)25(30)32/h3-4,7-13,15,21H,5-6,14,16H2,1-2H3. The molecule has 1 aliphatic rings. The monoisotopic (exact) mass is 427 g/mol. The van der Waals surface area contributed by atoms with Crippen molar-refractivity contribution in [3.63, 3.8) is 0 Å². The van der Waals surface area contributed by atoms with E-state index >= 15 is 0 Å². The van der Waals surface area contributed by atoms with E-state index in [-0.39, 0.29) is 17.5 Å². The van der Waals surface area contributed by atoms with Gasteiger partial charge in [0.15, 0.2) is 0 Å². The number of rotatable bonds is 4. The fourth-order valence-corrected chi connectivity index (χ4v) is 4.58. The van der Waals surface area contributed by atoms with E-state index in [9.17, 15) is 9.59 Å². The van der Waals surface area contributed by atoms with Crippen molar-refractivity contribution >= 4 is 16.8 Å². The van der Waals surface area contributed by atoms with Crippen molar-refractivity contribution in [3.8, 4) is 5.69 Å². The topological polar surface area (TPSA) is 73.0 Å². The Kier molecular flexibility index (Phi) is 5.09. The van der Waals surface area contributed by atoms with Gasteiger partial charge in [-0.15, -0.1) is 0 Å². The number of aryl methyl sites for hydroxylation is 2. The fourth-order valence-electron chi connectivity index (χ4n) is 4.58. The summed E-state index contributed by atoms with van der Waals surface area (Å²) in [5.41, 5.74) is 1.91. The molecule has 0 N–H and O–H groups in total. The third-order valence-corrected chi connectivity index (χ3v) is 6.28. The van der Waals surface area contributed by atoms with Crippen LogP contribution in [0.2, 0.25) is 0 Å². The second-order valence-electron chi connectivity index (χ2n) is 8.29. The molecule has 1 fully saturated rings. The summed E-state index contributed by atoms with van der Waals surface area (Å²) >= 11 is 0. The fraction of sp³-hybridized carbons (Fsp3) is 0.280. The van der Waals surface area contributed by atoms with Crippen molar-refractivity contribution in [2.24, 2.45) is 0 Å². The summed E-state index contributed by atoms with van der Waals surface area (Å²) in [7, 11) is 0. The van der Waals surface area contributed by atoms with E-state index in [1.165, 1.54) is 0 Å². The first kappa shape index (κ1) is 20.2. The van der Waals surface area contributed by atoms with Crippen LogP contribution in [0.5, 0.6) is 0 Å². The number of hydrogen-bond donors (Lipinski definition) is 0. The molecular weight excluding hydrogens is 402 g/mol. The van der Waals surface area contributed by atoms with Crippen LogP contribution in [0.25, 0.3) is 16.6 Å². The molecule has 162 valence electrons. The SMILES string of the molecule is Cc1nccn1CC1CCCN1C(=O)c1ccc(-n2c(C)nc3ccccc3c2=O)cc1. The molecule has 32 heavy (non-hydrogen) atoms. The van der Waals surface area contributed by atoms with Crippen LogP contribution in [0.1, 0.15) is 34.8 Å². The third kappa shape index (κ3) is 3.49. The van der Waals surface area contributed by atoms with Crippen LogP contribution in [0, 0.1) is 13.8 Å². The van der Waals surface area contributed by atoms with E-state index in [4.69, 9.17) is 0 Å². The molecule has 7 nitrogen and oxygen atoms in total. The summed E-state index contributed by atoms with van der Waals surface area (Å²) < 4.78 is 3.69. The summed E-state index contributed by atoms with van der Waals surface area (Å²) in [6.45, 7) is 5.31. The molecule has 3 heterocycles. The molecule has 0 bridgehead atoms. The van der Waals surface area contributed by atoms with Gasteiger partial charge < -0.3 is 9.47 Å². The Morgan fingerprint density at radius 3 is 2.59 bits per heavy atom. The van der Waals surface area contributed by atoms with Gasteiger partial charge in [0.2, 0.25) is 0 Å². The Bertz CT molecular complexity index is 1350. The van der Waals surface area contributed by atoms with Gasteiger partial charge in [-0.2, -0.15) is 0 Å². The summed E-state index contributed by atoms with van der Waals surface area (Å²) in [6, 6.07) is 14.7. The van der Waals surface area contributed by atoms with Gasteiger partial charge in [-0.05, 0) is 63.1 Å². The average Bonchev–Trinajstić information content (AvgIpc) is 3.43. The maximum absolute atomic E-state index is 13.2. The Morgan fingerprint density at radius 2 is 1.84 bits per heavy atom. The van der Waals surface area contributed by atoms with Crippen molar-refractivity contribution in [2.75, 3.05) is 6.54 Å². The number of imidazole rings is 1. The number of fused-ring (bicyclic) bond motifs is 1. The van der Waals surface area contributed by atoms with Gasteiger partial charge >= 0.3 is 0 Å². The lowest BCUT2D eigenvalue weighted by Crippen LogP contribution is -2.38. The first-order valence-electron chi connectivity index (χ1n) is 10.9. The number of benzene rings is 2. The highest BCUT2D eigenvalue weighted by Crippen LogP contribution is 2.23. The van der Waals surface area contributed by atoms with Crippen LogP contribution in [0.15, 0.2) is 65.7 Å². The van der Waals surface area contributed by atoms with E-state index in [0.29, 0.717) is 28.0 Å². The summed E-state index contributed by atoms with van der Waals surface area (Å²) in [5.74, 6) is 1.60. The molecule has 1 aliphatic heterocycles. The van der Waals surface area contributed by atoms with Gasteiger partial charge in [0, 0.05) is 31.0 Å². The van der Waals surface area contributed by atoms with Gasteiger partial charge in [0.25, 0.3) is 11.5 Å². The van der Waals surface area contributed by atoms with E-state index in [0.717, 1.165) is 31.8 Å². The normalized spacial score (nSPS) is 16.1. The zero-order valence-corrected chi connectivity index (χ0v) is 18.2. The van der Waals surface area contributed by atoms with Crippen molar-refractivity contribution in [3.05, 3.63) is 88.5 Å². The lowest BCUT2D eigenvalue weighted by atomic mass is 10.1. The molecule has 2 aromatic heterocycles. The van der Waals surface area contributed by atoms with Crippen molar-refractivity contribution in [1.29, 1.82) is 0 Å². The highest BCUT2D eigenvalue weighted by Gasteiger charge is 2.30. The minimum absolute atomic E-state index is 0.0255. The molecule has 0 saturated carbocycles. The zero-order chi connectivity index (χ0) is 22.2. The molecule has 0 spiro atoms. The maximum atomic E-state index is 13.2. The number of nitrogens with zero attached hydrogens (tertiary/aromatic N) is 5. The minimum atomic E-state index is -0.109. The summed E-state index contributed by atoms with van der Waals surface area (Å²) in [6.07, 6.45) is 5.74. The maximum Gasteiger partial charge on any atom is 0.265 e. The van der Waals surface area contributed by atoms with Gasteiger partial charge in [-0.25, -0.2) is 9.97 Å². The highest BCUT2D eigenvalue weighted by molar-refractivity contribution is 5.94. The van der Waals surface area contributed by atoms with E-state index in [1.54, 1.807) is 29.0 Å². The van der Waals surface area contributed by atoms with Gasteiger partial charge in [0.1, 0.15) is 11.6 Å². The number of para-hydroxylation sites is 1. The van der Waals surface area contributed by atoms with E-state index < -0.39 is 0 Å². The molecule has 7 heteroatoms. The Labute approximate surface area is 186 Å². The quantitative estimate of drug-likeness (QED) is 0.500. The minimum Gasteiger partial charge on any atom is -0.334 e. The lowest BCUT2D eigenvalue weighted by molar-refractivity contribution is 0.0723. The summed E-state index contributed by atoms with van der Waals surface area (Å²) in [5, 5.41) is 0.577. The Hall–Kier alpha value is -3.74. The Balaban J connectivity index is 1.41. The van der Waals surface area contributed by atoms with Crippen molar-refractivity contribution < 1.29 is 4.79 Å². The van der Waals surface area contributed by atoms with Gasteiger partial charge in [0.05, 0.1) is 22.6 Å². The smallest absolute Gasteiger partial charge is 0.265 e. The number of hydrogen-bond acceptors (Lipinski definition) is 4. The Morgan fingerprint density at radius 1 is 1.06 bits per heavy atom. The molecule has 1 atom stereocenters. The molecule has 1 saturated heterocycles. The van der Waals surface area contributed by atoms with Crippen molar-refractivity contribution in [2.45, 2.75) is 39.3 Å². The molecule has 4 aromatic rings. The molecule has 5 rings (SSSR count). The molecular formula is C25H25N5O2. The predicted octanol–water partition coefficient (Wildman–Crippen LogP) is 3.50. The van der Waals surface area contributed by atoms with Gasteiger partial charge in [-0.3, -0.25) is 14.2 Å². The number of carbonyl (C=O) groups excluding carboxylic acids is 1. The molecule has 2 aromatic carbocycles. The first-order valence-corrected chi connectivity index (χ1v) is 10.9. The third-order valence-electron chi connectivity index (χ3n) is 6.28. The molecule has 0 aliphatic carbocycles. The van der Waals surface area contributed by atoms with Gasteiger partial charge in [-0.1, -0.05) is 12.1 Å². The van der Waals surface area contributed by atoms with Crippen molar-refractivity contribution in [1.82, 2.24) is 24.0 Å². The predicted molar refractivity (Wildman–Crippen MR) is 123 cm³/mol. The lowest BCUT2D eigenvalue weighted by Gasteiger charge is -2.25. The van der Waals surface area contributed by atoms with E-state index in [2.05, 4.69) is 14.5 Å². The largest absolute Gasteiger partial charge is 0.334 e. The van der Waals surface area contributed by atoms with E-state index in [1.807, 2.05) is 55.3 Å². The molecule has 1 amide bonds. The molecule has 0 radical (unpaired) electrons.